The zero-order valence-corrected chi connectivity index (χ0v) is 14.5. The van der Waals surface area contributed by atoms with Gasteiger partial charge in [0.2, 0.25) is 0 Å². The minimum absolute atomic E-state index is 0.116. The predicted molar refractivity (Wildman–Crippen MR) is 94.9 cm³/mol. The molecular formula is C17H17FN2OS2. The first-order valence-electron chi connectivity index (χ1n) is 7.22. The SMILES string of the molecule is CN(C)C(CNC(=O)c1cc2ccc(F)cc2s1)c1cccs1. The molecule has 0 fully saturated rings. The molecule has 0 saturated heterocycles. The number of fused-ring (bicyclic) bond motifs is 1. The van der Waals surface area contributed by atoms with Gasteiger partial charge in [0, 0.05) is 16.1 Å². The van der Waals surface area contributed by atoms with E-state index >= 15 is 0 Å². The number of nitrogens with one attached hydrogen (secondary N) is 1. The van der Waals surface area contributed by atoms with Crippen LogP contribution < -0.4 is 5.32 Å². The van der Waals surface area contributed by atoms with Crippen LogP contribution in [0.15, 0.2) is 41.8 Å². The summed E-state index contributed by atoms with van der Waals surface area (Å²) in [6.07, 6.45) is 0. The molecular weight excluding hydrogens is 331 g/mol. The molecule has 2 aromatic heterocycles. The molecule has 0 aliphatic carbocycles. The maximum absolute atomic E-state index is 13.2. The van der Waals surface area contributed by atoms with E-state index in [2.05, 4.69) is 16.3 Å². The van der Waals surface area contributed by atoms with Gasteiger partial charge in [-0.1, -0.05) is 12.1 Å². The van der Waals surface area contributed by atoms with Gasteiger partial charge in [0.15, 0.2) is 0 Å². The lowest BCUT2D eigenvalue weighted by atomic mass is 10.2. The van der Waals surface area contributed by atoms with Crippen LogP contribution in [-0.4, -0.2) is 31.4 Å². The third kappa shape index (κ3) is 3.60. The smallest absolute Gasteiger partial charge is 0.261 e. The van der Waals surface area contributed by atoms with Crippen molar-refractivity contribution in [3.63, 3.8) is 0 Å². The molecule has 3 nitrogen and oxygen atoms in total. The highest BCUT2D eigenvalue weighted by Crippen LogP contribution is 2.27. The second-order valence-electron chi connectivity index (χ2n) is 5.50. The fourth-order valence-corrected chi connectivity index (χ4v) is 4.34. The number of nitrogens with zero attached hydrogens (tertiary/aromatic N) is 1. The Bertz CT molecular complexity index is 811. The summed E-state index contributed by atoms with van der Waals surface area (Å²) in [6, 6.07) is 10.6. The minimum atomic E-state index is -0.281. The van der Waals surface area contributed by atoms with Crippen molar-refractivity contribution >= 4 is 38.7 Å². The second kappa shape index (κ2) is 6.78. The molecule has 1 atom stereocenters. The van der Waals surface area contributed by atoms with Gasteiger partial charge in [0.1, 0.15) is 5.82 Å². The molecule has 120 valence electrons. The molecule has 1 unspecified atom stereocenters. The Kier molecular flexibility index (Phi) is 4.75. The molecule has 6 heteroatoms. The van der Waals surface area contributed by atoms with Crippen LogP contribution in [0.25, 0.3) is 10.1 Å². The summed E-state index contributed by atoms with van der Waals surface area (Å²) >= 11 is 2.99. The van der Waals surface area contributed by atoms with Crippen LogP contribution in [-0.2, 0) is 0 Å². The van der Waals surface area contributed by atoms with Gasteiger partial charge in [0.25, 0.3) is 5.91 Å². The molecule has 0 spiro atoms. The average molecular weight is 348 g/mol. The lowest BCUT2D eigenvalue weighted by Crippen LogP contribution is -2.33. The van der Waals surface area contributed by atoms with Gasteiger partial charge in [-0.3, -0.25) is 4.79 Å². The van der Waals surface area contributed by atoms with E-state index in [0.29, 0.717) is 11.4 Å². The standard InChI is InChI=1S/C17H17FN2OS2/c1-20(2)13(14-4-3-7-22-14)10-19-17(21)16-8-11-5-6-12(18)9-15(11)23-16/h3-9,13H,10H2,1-2H3,(H,19,21). The number of thiophene rings is 2. The van der Waals surface area contributed by atoms with Crippen molar-refractivity contribution in [1.82, 2.24) is 10.2 Å². The summed E-state index contributed by atoms with van der Waals surface area (Å²) in [4.78, 5) is 16.3. The van der Waals surface area contributed by atoms with Gasteiger partial charge >= 0.3 is 0 Å². The minimum Gasteiger partial charge on any atom is -0.349 e. The van der Waals surface area contributed by atoms with Crippen LogP contribution in [0, 0.1) is 5.82 Å². The Morgan fingerprint density at radius 1 is 1.30 bits per heavy atom. The number of hydrogen-bond acceptors (Lipinski definition) is 4. The van der Waals surface area contributed by atoms with Crippen molar-refractivity contribution in [1.29, 1.82) is 0 Å². The molecule has 3 rings (SSSR count). The van der Waals surface area contributed by atoms with Crippen LogP contribution in [0.3, 0.4) is 0 Å². The fraction of sp³-hybridized carbons (Fsp3) is 0.235. The summed E-state index contributed by atoms with van der Waals surface area (Å²) in [6.45, 7) is 0.537. The summed E-state index contributed by atoms with van der Waals surface area (Å²) in [7, 11) is 4.00. The van der Waals surface area contributed by atoms with E-state index < -0.39 is 0 Å². The monoisotopic (exact) mass is 348 g/mol. The van der Waals surface area contributed by atoms with E-state index in [1.54, 1.807) is 17.4 Å². The number of benzene rings is 1. The molecule has 2 heterocycles. The number of likely N-dealkylation sites (N-methyl/N-ethyl adjacent to an activating group) is 1. The zero-order chi connectivity index (χ0) is 16.4. The second-order valence-corrected chi connectivity index (χ2v) is 7.56. The first kappa shape index (κ1) is 16.1. The molecule has 0 aliphatic rings. The number of carbonyl (C=O) groups is 1. The molecule has 3 aromatic rings. The molecule has 0 bridgehead atoms. The molecule has 1 N–H and O–H groups in total. The molecule has 23 heavy (non-hydrogen) atoms. The number of amides is 1. The Labute approximate surface area is 142 Å². The Balaban J connectivity index is 1.72. The fourth-order valence-electron chi connectivity index (χ4n) is 2.41. The average Bonchev–Trinajstić information content (AvgIpc) is 3.15. The van der Waals surface area contributed by atoms with Crippen LogP contribution in [0.4, 0.5) is 4.39 Å². The van der Waals surface area contributed by atoms with E-state index in [1.165, 1.54) is 28.3 Å². The Morgan fingerprint density at radius 2 is 2.13 bits per heavy atom. The third-order valence-corrected chi connectivity index (χ3v) is 5.73. The summed E-state index contributed by atoms with van der Waals surface area (Å²) in [5.74, 6) is -0.397. The zero-order valence-electron chi connectivity index (χ0n) is 12.9. The molecule has 0 aliphatic heterocycles. The van der Waals surface area contributed by atoms with Gasteiger partial charge in [0.05, 0.1) is 10.9 Å². The van der Waals surface area contributed by atoms with Crippen molar-refractivity contribution in [2.24, 2.45) is 0 Å². The van der Waals surface area contributed by atoms with E-state index in [1.807, 2.05) is 31.6 Å². The normalized spacial score (nSPS) is 12.7. The predicted octanol–water partition coefficient (Wildman–Crippen LogP) is 4.13. The highest BCUT2D eigenvalue weighted by atomic mass is 32.1. The first-order chi connectivity index (χ1) is 11.0. The summed E-state index contributed by atoms with van der Waals surface area (Å²) in [5.41, 5.74) is 0. The van der Waals surface area contributed by atoms with Crippen molar-refractivity contribution in [3.8, 4) is 0 Å². The van der Waals surface area contributed by atoms with Gasteiger partial charge in [-0.2, -0.15) is 0 Å². The van der Waals surface area contributed by atoms with Crippen molar-refractivity contribution < 1.29 is 9.18 Å². The highest BCUT2D eigenvalue weighted by Gasteiger charge is 2.17. The number of carbonyl (C=O) groups excluding carboxylic acids is 1. The number of hydrogen-bond donors (Lipinski definition) is 1. The van der Waals surface area contributed by atoms with Crippen molar-refractivity contribution in [2.45, 2.75) is 6.04 Å². The van der Waals surface area contributed by atoms with E-state index in [-0.39, 0.29) is 17.8 Å². The largest absolute Gasteiger partial charge is 0.349 e. The van der Waals surface area contributed by atoms with E-state index in [4.69, 9.17) is 0 Å². The lowest BCUT2D eigenvalue weighted by Gasteiger charge is -2.23. The van der Waals surface area contributed by atoms with Crippen molar-refractivity contribution in [2.75, 3.05) is 20.6 Å². The summed E-state index contributed by atoms with van der Waals surface area (Å²) < 4.78 is 14.0. The quantitative estimate of drug-likeness (QED) is 0.752. The molecule has 0 saturated carbocycles. The van der Waals surface area contributed by atoms with Gasteiger partial charge < -0.3 is 10.2 Å². The number of rotatable bonds is 5. The molecule has 1 amide bonds. The first-order valence-corrected chi connectivity index (χ1v) is 8.91. The van der Waals surface area contributed by atoms with Crippen LogP contribution >= 0.6 is 22.7 Å². The Morgan fingerprint density at radius 3 is 2.83 bits per heavy atom. The maximum atomic E-state index is 13.2. The van der Waals surface area contributed by atoms with Gasteiger partial charge in [-0.25, -0.2) is 4.39 Å². The van der Waals surface area contributed by atoms with Crippen molar-refractivity contribution in [3.05, 3.63) is 57.3 Å². The molecule has 1 aromatic carbocycles. The topological polar surface area (TPSA) is 32.3 Å². The van der Waals surface area contributed by atoms with E-state index in [0.717, 1.165) is 10.1 Å². The lowest BCUT2D eigenvalue weighted by molar-refractivity contribution is 0.0946. The van der Waals surface area contributed by atoms with Crippen LogP contribution in [0.5, 0.6) is 0 Å². The van der Waals surface area contributed by atoms with Gasteiger partial charge in [-0.15, -0.1) is 22.7 Å². The van der Waals surface area contributed by atoms with Crippen LogP contribution in [0.1, 0.15) is 20.6 Å². The Hall–Kier alpha value is -1.76. The maximum Gasteiger partial charge on any atom is 0.261 e. The van der Waals surface area contributed by atoms with Crippen LogP contribution in [0.2, 0.25) is 0 Å². The number of halogens is 1. The summed E-state index contributed by atoms with van der Waals surface area (Å²) in [5, 5.41) is 5.92. The van der Waals surface area contributed by atoms with E-state index in [9.17, 15) is 9.18 Å². The third-order valence-electron chi connectivity index (χ3n) is 3.66. The highest BCUT2D eigenvalue weighted by molar-refractivity contribution is 7.20. The van der Waals surface area contributed by atoms with Gasteiger partial charge in [-0.05, 0) is 49.1 Å². The molecule has 0 radical (unpaired) electrons.